The molecule has 0 atom stereocenters. The number of methoxy groups -OCH3 is 2. The molecule has 1 fully saturated rings. The van der Waals surface area contributed by atoms with E-state index in [1.165, 1.54) is 26.4 Å². The number of hydrogen-bond acceptors (Lipinski definition) is 6. The standard InChI is InChI=1S/C18H14BrN3O6/c1-27-15-7-10(14(22(25)26)9-16(15)28-2)6-13-17(23)20-21(18(13)24)12-5-3-4-11(19)8-12/h3-9H,1-2H3,(H,20,23)/b13-6+. The Balaban J connectivity index is 2.07. The van der Waals surface area contributed by atoms with Gasteiger partial charge < -0.3 is 9.47 Å². The smallest absolute Gasteiger partial charge is 0.282 e. The Labute approximate surface area is 167 Å². The number of ether oxygens (including phenoxy) is 2. The fraction of sp³-hybridized carbons (Fsp3) is 0.111. The maximum atomic E-state index is 12.7. The van der Waals surface area contributed by atoms with E-state index in [-0.39, 0.29) is 28.3 Å². The maximum absolute atomic E-state index is 12.7. The zero-order valence-corrected chi connectivity index (χ0v) is 16.3. The average molecular weight is 448 g/mol. The van der Waals surface area contributed by atoms with Crippen LogP contribution in [0.3, 0.4) is 0 Å². The van der Waals surface area contributed by atoms with Crippen molar-refractivity contribution in [3.8, 4) is 11.5 Å². The molecular weight excluding hydrogens is 434 g/mol. The summed E-state index contributed by atoms with van der Waals surface area (Å²) in [4.78, 5) is 35.9. The Morgan fingerprint density at radius 2 is 1.82 bits per heavy atom. The van der Waals surface area contributed by atoms with E-state index in [9.17, 15) is 19.7 Å². The number of benzene rings is 2. The SMILES string of the molecule is COc1cc(/C=C2\C(=O)NN(c3cccc(Br)c3)C2=O)c([N+](=O)[O-])cc1OC. The number of carbonyl (C=O) groups is 2. The molecular formula is C18H14BrN3O6. The van der Waals surface area contributed by atoms with Crippen LogP contribution in [0.25, 0.3) is 6.08 Å². The Morgan fingerprint density at radius 3 is 2.43 bits per heavy atom. The minimum atomic E-state index is -0.672. The third-order valence-corrected chi connectivity index (χ3v) is 4.48. The molecule has 0 spiro atoms. The second kappa shape index (κ2) is 7.69. The van der Waals surface area contributed by atoms with Crippen molar-refractivity contribution >= 4 is 45.2 Å². The minimum absolute atomic E-state index is 0.0391. The number of nitrogens with zero attached hydrogens (tertiary/aromatic N) is 2. The molecule has 1 N–H and O–H groups in total. The molecule has 1 heterocycles. The lowest BCUT2D eigenvalue weighted by Crippen LogP contribution is -2.35. The van der Waals surface area contributed by atoms with Crippen LogP contribution in [0.15, 0.2) is 46.4 Å². The van der Waals surface area contributed by atoms with E-state index in [1.807, 2.05) is 0 Å². The van der Waals surface area contributed by atoms with Gasteiger partial charge in [0.15, 0.2) is 11.5 Å². The van der Waals surface area contributed by atoms with Gasteiger partial charge in [0, 0.05) is 4.47 Å². The summed E-state index contributed by atoms with van der Waals surface area (Å²) in [6, 6.07) is 9.29. The van der Waals surface area contributed by atoms with Crippen LogP contribution in [-0.4, -0.2) is 31.0 Å². The number of nitrogens with one attached hydrogen (secondary N) is 1. The Kier molecular flexibility index (Phi) is 5.32. The topological polar surface area (TPSA) is 111 Å². The summed E-state index contributed by atoms with van der Waals surface area (Å²) in [5.41, 5.74) is 2.36. The molecule has 1 aliphatic rings. The van der Waals surface area contributed by atoms with Crippen molar-refractivity contribution in [3.05, 3.63) is 62.1 Å². The third kappa shape index (κ3) is 3.54. The van der Waals surface area contributed by atoms with E-state index in [2.05, 4.69) is 21.4 Å². The van der Waals surface area contributed by atoms with E-state index in [0.29, 0.717) is 5.69 Å². The van der Waals surface area contributed by atoms with E-state index < -0.39 is 16.7 Å². The summed E-state index contributed by atoms with van der Waals surface area (Å²) in [6.07, 6.45) is 1.16. The molecule has 144 valence electrons. The lowest BCUT2D eigenvalue weighted by Gasteiger charge is -2.14. The van der Waals surface area contributed by atoms with Crippen molar-refractivity contribution in [2.45, 2.75) is 0 Å². The number of halogens is 1. The Morgan fingerprint density at radius 1 is 1.14 bits per heavy atom. The molecule has 1 saturated heterocycles. The summed E-state index contributed by atoms with van der Waals surface area (Å²) >= 11 is 3.30. The van der Waals surface area contributed by atoms with Gasteiger partial charge in [-0.25, -0.2) is 5.01 Å². The van der Waals surface area contributed by atoms with Crippen LogP contribution >= 0.6 is 15.9 Å². The van der Waals surface area contributed by atoms with E-state index >= 15 is 0 Å². The van der Waals surface area contributed by atoms with Crippen LogP contribution < -0.4 is 19.9 Å². The molecule has 10 heteroatoms. The first-order valence-corrected chi connectivity index (χ1v) is 8.68. The van der Waals surface area contributed by atoms with Crippen LogP contribution in [0.5, 0.6) is 11.5 Å². The number of nitro groups is 1. The molecule has 2 aromatic rings. The van der Waals surface area contributed by atoms with Gasteiger partial charge in [0.1, 0.15) is 5.57 Å². The van der Waals surface area contributed by atoms with E-state index in [0.717, 1.165) is 15.6 Å². The summed E-state index contributed by atoms with van der Waals surface area (Å²) in [7, 11) is 2.73. The van der Waals surface area contributed by atoms with Gasteiger partial charge in [0.25, 0.3) is 17.5 Å². The summed E-state index contributed by atoms with van der Waals surface area (Å²) in [6.45, 7) is 0. The quantitative estimate of drug-likeness (QED) is 0.326. The lowest BCUT2D eigenvalue weighted by molar-refractivity contribution is -0.385. The van der Waals surface area contributed by atoms with Crippen LogP contribution in [0.2, 0.25) is 0 Å². The summed E-state index contributed by atoms with van der Waals surface area (Å²) in [5.74, 6) is -0.912. The number of amides is 2. The van der Waals surface area contributed by atoms with Crippen molar-refractivity contribution in [2.75, 3.05) is 19.2 Å². The monoisotopic (exact) mass is 447 g/mol. The molecule has 0 saturated carbocycles. The number of anilines is 1. The summed E-state index contributed by atoms with van der Waals surface area (Å²) < 4.78 is 10.9. The minimum Gasteiger partial charge on any atom is -0.493 e. The van der Waals surface area contributed by atoms with Gasteiger partial charge in [-0.15, -0.1) is 0 Å². The highest BCUT2D eigenvalue weighted by Crippen LogP contribution is 2.36. The predicted molar refractivity (Wildman–Crippen MR) is 104 cm³/mol. The van der Waals surface area contributed by atoms with Crippen molar-refractivity contribution in [1.82, 2.24) is 5.43 Å². The number of hydrogen-bond donors (Lipinski definition) is 1. The van der Waals surface area contributed by atoms with Gasteiger partial charge in [0.2, 0.25) is 0 Å². The second-order valence-corrected chi connectivity index (χ2v) is 6.56. The normalized spacial score (nSPS) is 15.0. The molecule has 2 amide bonds. The van der Waals surface area contributed by atoms with Gasteiger partial charge >= 0.3 is 0 Å². The van der Waals surface area contributed by atoms with E-state index in [1.54, 1.807) is 24.3 Å². The predicted octanol–water partition coefficient (Wildman–Crippen LogP) is 2.84. The van der Waals surface area contributed by atoms with Gasteiger partial charge in [-0.05, 0) is 30.3 Å². The highest BCUT2D eigenvalue weighted by molar-refractivity contribution is 9.10. The first kappa shape index (κ1) is 19.4. The van der Waals surface area contributed by atoms with Crippen LogP contribution in [-0.2, 0) is 9.59 Å². The fourth-order valence-electron chi connectivity index (χ4n) is 2.67. The van der Waals surface area contributed by atoms with Crippen molar-refractivity contribution in [3.63, 3.8) is 0 Å². The van der Waals surface area contributed by atoms with Gasteiger partial charge in [-0.3, -0.25) is 25.1 Å². The zero-order chi connectivity index (χ0) is 20.4. The van der Waals surface area contributed by atoms with Crippen molar-refractivity contribution < 1.29 is 24.0 Å². The summed E-state index contributed by atoms with van der Waals surface area (Å²) in [5, 5.41) is 12.5. The van der Waals surface area contributed by atoms with Crippen LogP contribution in [0.1, 0.15) is 5.56 Å². The van der Waals surface area contributed by atoms with Crippen LogP contribution in [0.4, 0.5) is 11.4 Å². The lowest BCUT2D eigenvalue weighted by atomic mass is 10.1. The maximum Gasteiger partial charge on any atom is 0.282 e. The Bertz CT molecular complexity index is 1020. The number of nitro benzene ring substituents is 1. The molecule has 0 radical (unpaired) electrons. The first-order chi connectivity index (χ1) is 13.3. The van der Waals surface area contributed by atoms with Gasteiger partial charge in [0.05, 0.1) is 36.5 Å². The van der Waals surface area contributed by atoms with Crippen LogP contribution in [0, 0.1) is 10.1 Å². The van der Waals surface area contributed by atoms with Crippen molar-refractivity contribution in [2.24, 2.45) is 0 Å². The molecule has 2 aromatic carbocycles. The first-order valence-electron chi connectivity index (χ1n) is 7.88. The van der Waals surface area contributed by atoms with Gasteiger partial charge in [-0.1, -0.05) is 22.0 Å². The molecule has 3 rings (SSSR count). The second-order valence-electron chi connectivity index (χ2n) is 5.64. The molecule has 0 bridgehead atoms. The molecule has 28 heavy (non-hydrogen) atoms. The molecule has 0 unspecified atom stereocenters. The molecule has 1 aliphatic heterocycles. The highest BCUT2D eigenvalue weighted by atomic mass is 79.9. The highest BCUT2D eigenvalue weighted by Gasteiger charge is 2.35. The average Bonchev–Trinajstić information content (AvgIpc) is 2.95. The number of rotatable bonds is 5. The number of hydrazine groups is 1. The Hall–Kier alpha value is -3.40. The molecule has 9 nitrogen and oxygen atoms in total. The fourth-order valence-corrected chi connectivity index (χ4v) is 3.05. The van der Waals surface area contributed by atoms with Gasteiger partial charge in [-0.2, -0.15) is 0 Å². The van der Waals surface area contributed by atoms with Crippen molar-refractivity contribution in [1.29, 1.82) is 0 Å². The number of carbonyl (C=O) groups excluding carboxylic acids is 2. The zero-order valence-electron chi connectivity index (χ0n) is 14.8. The molecule has 0 aliphatic carbocycles. The molecule has 0 aromatic heterocycles. The van der Waals surface area contributed by atoms with E-state index in [4.69, 9.17) is 9.47 Å². The third-order valence-electron chi connectivity index (χ3n) is 3.99. The largest absolute Gasteiger partial charge is 0.493 e.